The molecule has 0 aliphatic heterocycles. The van der Waals surface area contributed by atoms with Crippen molar-refractivity contribution in [2.75, 3.05) is 0 Å². The van der Waals surface area contributed by atoms with Crippen LogP contribution in [0.25, 0.3) is 0 Å². The van der Waals surface area contributed by atoms with Gasteiger partial charge in [-0.1, -0.05) is 30.4 Å². The molecule has 0 bridgehead atoms. The van der Waals surface area contributed by atoms with Gasteiger partial charge in [0.2, 0.25) is 0 Å². The maximum atomic E-state index is 2.51. The minimum absolute atomic E-state index is 0.930. The van der Waals surface area contributed by atoms with Gasteiger partial charge in [-0.15, -0.1) is 0 Å². The van der Waals surface area contributed by atoms with Gasteiger partial charge in [-0.05, 0) is 38.0 Å². The third-order valence-electron chi connectivity index (χ3n) is 3.53. The molecule has 12 heavy (non-hydrogen) atoms. The van der Waals surface area contributed by atoms with E-state index in [2.05, 4.69) is 19.6 Å². The fraction of sp³-hybridized carbons (Fsp3) is 0.818. The molecule has 0 aromatic heterocycles. The predicted octanol–water partition coefficient (Wildman–Crippen LogP) is 3.75. The molecule has 0 radical (unpaired) electrons. The van der Waals surface area contributed by atoms with Crippen molar-refractivity contribution in [3.63, 3.8) is 0 Å². The van der Waals surface area contributed by atoms with Crippen LogP contribution in [0.2, 0.25) is 19.6 Å². The zero-order valence-electron chi connectivity index (χ0n) is 8.61. The van der Waals surface area contributed by atoms with Gasteiger partial charge in [0.15, 0.2) is 0 Å². The van der Waals surface area contributed by atoms with Gasteiger partial charge in [0.25, 0.3) is 0 Å². The standard InChI is InChI=1S/C11H20Si/c1-12(2,3)11-8-7-9-5-4-6-10(9)11/h9H,4-8H2,1-3H3. The smallest absolute Gasteiger partial charge is 0.0723 e. The number of rotatable bonds is 1. The Morgan fingerprint density at radius 3 is 2.50 bits per heavy atom. The summed E-state index contributed by atoms with van der Waals surface area (Å²) in [5, 5.41) is 1.94. The Morgan fingerprint density at radius 1 is 1.08 bits per heavy atom. The van der Waals surface area contributed by atoms with Crippen molar-refractivity contribution in [1.82, 2.24) is 0 Å². The Labute approximate surface area is 77.1 Å². The van der Waals surface area contributed by atoms with E-state index >= 15 is 0 Å². The number of fused-ring (bicyclic) bond motifs is 1. The van der Waals surface area contributed by atoms with E-state index in [1.807, 2.05) is 10.8 Å². The van der Waals surface area contributed by atoms with E-state index in [4.69, 9.17) is 0 Å². The van der Waals surface area contributed by atoms with Crippen LogP contribution in [0.3, 0.4) is 0 Å². The lowest BCUT2D eigenvalue weighted by Crippen LogP contribution is -2.23. The molecule has 2 aliphatic carbocycles. The molecular formula is C11H20Si. The molecule has 0 aromatic rings. The van der Waals surface area contributed by atoms with E-state index in [1.165, 1.54) is 32.1 Å². The van der Waals surface area contributed by atoms with Gasteiger partial charge < -0.3 is 0 Å². The van der Waals surface area contributed by atoms with Crippen LogP contribution < -0.4 is 0 Å². The molecule has 0 spiro atoms. The van der Waals surface area contributed by atoms with Crippen LogP contribution in [0.5, 0.6) is 0 Å². The molecule has 1 heteroatoms. The maximum absolute atomic E-state index is 2.51. The predicted molar refractivity (Wildman–Crippen MR) is 56.9 cm³/mol. The Balaban J connectivity index is 2.30. The molecular weight excluding hydrogens is 160 g/mol. The number of hydrogen-bond donors (Lipinski definition) is 0. The summed E-state index contributed by atoms with van der Waals surface area (Å²) in [6.45, 7) is 7.53. The van der Waals surface area contributed by atoms with Crippen LogP contribution in [-0.4, -0.2) is 8.07 Å². The minimum Gasteiger partial charge on any atom is -0.0815 e. The molecule has 0 saturated heterocycles. The second-order valence-electron chi connectivity index (χ2n) is 5.38. The number of allylic oxidation sites excluding steroid dienone is 2. The van der Waals surface area contributed by atoms with Crippen LogP contribution >= 0.6 is 0 Å². The normalized spacial score (nSPS) is 29.8. The van der Waals surface area contributed by atoms with Crippen molar-refractivity contribution in [2.45, 2.75) is 51.7 Å². The topological polar surface area (TPSA) is 0 Å². The molecule has 1 fully saturated rings. The van der Waals surface area contributed by atoms with E-state index in [0.717, 1.165) is 5.92 Å². The van der Waals surface area contributed by atoms with E-state index < -0.39 is 8.07 Å². The van der Waals surface area contributed by atoms with Crippen LogP contribution in [0.1, 0.15) is 32.1 Å². The molecule has 0 heterocycles. The van der Waals surface area contributed by atoms with Crippen molar-refractivity contribution in [3.8, 4) is 0 Å². The highest BCUT2D eigenvalue weighted by Crippen LogP contribution is 2.45. The van der Waals surface area contributed by atoms with Crippen LogP contribution in [0.15, 0.2) is 10.8 Å². The van der Waals surface area contributed by atoms with Crippen molar-refractivity contribution in [3.05, 3.63) is 10.8 Å². The van der Waals surface area contributed by atoms with Gasteiger partial charge in [-0.25, -0.2) is 0 Å². The Morgan fingerprint density at radius 2 is 1.83 bits per heavy atom. The van der Waals surface area contributed by atoms with Crippen LogP contribution in [0.4, 0.5) is 0 Å². The molecule has 0 N–H and O–H groups in total. The highest BCUT2D eigenvalue weighted by Gasteiger charge is 2.34. The van der Waals surface area contributed by atoms with Gasteiger partial charge in [-0.3, -0.25) is 0 Å². The van der Waals surface area contributed by atoms with Gasteiger partial charge >= 0.3 is 0 Å². The van der Waals surface area contributed by atoms with Crippen LogP contribution in [0, 0.1) is 5.92 Å². The van der Waals surface area contributed by atoms with Crippen molar-refractivity contribution < 1.29 is 0 Å². The Bertz CT molecular complexity index is 220. The molecule has 0 nitrogen and oxygen atoms in total. The SMILES string of the molecule is C[Si](C)(C)C1=C2CCCC2CC1. The minimum atomic E-state index is -0.930. The zero-order chi connectivity index (χ0) is 8.77. The molecule has 0 aromatic carbocycles. The van der Waals surface area contributed by atoms with Gasteiger partial charge in [-0.2, -0.15) is 0 Å². The second-order valence-corrected chi connectivity index (χ2v) is 10.5. The average Bonchev–Trinajstić information content (AvgIpc) is 2.37. The summed E-state index contributed by atoms with van der Waals surface area (Å²) in [6, 6.07) is 0. The molecule has 1 unspecified atom stereocenters. The summed E-state index contributed by atoms with van der Waals surface area (Å²) in [5.74, 6) is 1.03. The van der Waals surface area contributed by atoms with E-state index in [9.17, 15) is 0 Å². The fourth-order valence-electron chi connectivity index (χ4n) is 2.97. The first kappa shape index (κ1) is 8.55. The summed E-state index contributed by atoms with van der Waals surface area (Å²) in [4.78, 5) is 0. The lowest BCUT2D eigenvalue weighted by molar-refractivity contribution is 0.609. The van der Waals surface area contributed by atoms with E-state index in [-0.39, 0.29) is 0 Å². The largest absolute Gasteiger partial charge is 0.0815 e. The van der Waals surface area contributed by atoms with E-state index in [0.29, 0.717) is 0 Å². The molecule has 1 atom stereocenters. The average molecular weight is 180 g/mol. The van der Waals surface area contributed by atoms with Crippen LogP contribution in [-0.2, 0) is 0 Å². The molecule has 68 valence electrons. The third-order valence-corrected chi connectivity index (χ3v) is 5.91. The van der Waals surface area contributed by atoms with Gasteiger partial charge in [0, 0.05) is 0 Å². The first-order chi connectivity index (χ1) is 5.59. The van der Waals surface area contributed by atoms with Gasteiger partial charge in [0.05, 0.1) is 8.07 Å². The summed E-state index contributed by atoms with van der Waals surface area (Å²) in [5.41, 5.74) is 1.91. The zero-order valence-corrected chi connectivity index (χ0v) is 9.61. The van der Waals surface area contributed by atoms with Crippen molar-refractivity contribution in [1.29, 1.82) is 0 Å². The van der Waals surface area contributed by atoms with Crippen molar-refractivity contribution in [2.24, 2.45) is 5.92 Å². The lowest BCUT2D eigenvalue weighted by Gasteiger charge is -2.20. The molecule has 2 aliphatic rings. The number of hydrogen-bond acceptors (Lipinski definition) is 0. The molecule has 0 amide bonds. The second kappa shape index (κ2) is 2.73. The third kappa shape index (κ3) is 1.28. The summed E-state index contributed by atoms with van der Waals surface area (Å²) >= 11 is 0. The lowest BCUT2D eigenvalue weighted by atomic mass is 10.1. The fourth-order valence-corrected chi connectivity index (χ4v) is 5.16. The molecule has 2 rings (SSSR count). The highest BCUT2D eigenvalue weighted by molar-refractivity contribution is 6.83. The van der Waals surface area contributed by atoms with E-state index in [1.54, 1.807) is 0 Å². The van der Waals surface area contributed by atoms with Gasteiger partial charge in [0.1, 0.15) is 0 Å². The first-order valence-electron chi connectivity index (χ1n) is 5.31. The highest BCUT2D eigenvalue weighted by atomic mass is 28.3. The Hall–Kier alpha value is -0.0431. The van der Waals surface area contributed by atoms with Crippen molar-refractivity contribution >= 4 is 8.07 Å². The summed E-state index contributed by atoms with van der Waals surface area (Å²) in [6.07, 6.45) is 7.38. The Kier molecular flexibility index (Phi) is 1.94. The first-order valence-corrected chi connectivity index (χ1v) is 8.81. The molecule has 1 saturated carbocycles. The quantitative estimate of drug-likeness (QED) is 0.539. The monoisotopic (exact) mass is 180 g/mol. The summed E-state index contributed by atoms with van der Waals surface area (Å²) in [7, 11) is -0.930. The summed E-state index contributed by atoms with van der Waals surface area (Å²) < 4.78 is 0. The maximum Gasteiger partial charge on any atom is 0.0723 e.